The third-order valence-corrected chi connectivity index (χ3v) is 3.52. The van der Waals surface area contributed by atoms with Crippen molar-refractivity contribution >= 4 is 0 Å². The van der Waals surface area contributed by atoms with Crippen molar-refractivity contribution in [3.8, 4) is 0 Å². The monoisotopic (exact) mass is 237 g/mol. The lowest BCUT2D eigenvalue weighted by atomic mass is 9.93. The highest BCUT2D eigenvalue weighted by atomic mass is 15.3. The van der Waals surface area contributed by atoms with Crippen molar-refractivity contribution < 1.29 is 0 Å². The van der Waals surface area contributed by atoms with Crippen LogP contribution in [0.1, 0.15) is 45.0 Å². The van der Waals surface area contributed by atoms with E-state index >= 15 is 0 Å². The van der Waals surface area contributed by atoms with Gasteiger partial charge in [0.1, 0.15) is 0 Å². The van der Waals surface area contributed by atoms with E-state index in [1.165, 1.54) is 18.5 Å². The predicted octanol–water partition coefficient (Wildman–Crippen LogP) is 2.69. The number of aromatic nitrogens is 2. The Hall–Kier alpha value is -0.830. The molecule has 0 bridgehead atoms. The highest BCUT2D eigenvalue weighted by Crippen LogP contribution is 2.16. The maximum absolute atomic E-state index is 4.42. The van der Waals surface area contributed by atoms with Gasteiger partial charge in [-0.2, -0.15) is 5.10 Å². The molecular weight excluding hydrogens is 210 g/mol. The maximum atomic E-state index is 4.42. The molecular formula is C14H27N3. The van der Waals surface area contributed by atoms with E-state index in [0.29, 0.717) is 12.0 Å². The molecule has 0 aliphatic rings. The average molecular weight is 237 g/mol. The third kappa shape index (κ3) is 4.15. The Kier molecular flexibility index (Phi) is 5.69. The lowest BCUT2D eigenvalue weighted by Gasteiger charge is -2.23. The highest BCUT2D eigenvalue weighted by Gasteiger charge is 2.17. The Balaban J connectivity index is 2.59. The van der Waals surface area contributed by atoms with Gasteiger partial charge in [0.15, 0.2) is 0 Å². The summed E-state index contributed by atoms with van der Waals surface area (Å²) in [7, 11) is 2.04. The van der Waals surface area contributed by atoms with Gasteiger partial charge >= 0.3 is 0 Å². The van der Waals surface area contributed by atoms with E-state index in [4.69, 9.17) is 0 Å². The first-order valence-corrected chi connectivity index (χ1v) is 6.81. The third-order valence-electron chi connectivity index (χ3n) is 3.52. The second-order valence-corrected chi connectivity index (χ2v) is 5.02. The Bertz CT molecular complexity index is 330. The first-order valence-electron chi connectivity index (χ1n) is 6.81. The number of nitrogens with one attached hydrogen (secondary N) is 1. The van der Waals surface area contributed by atoms with Crippen LogP contribution in [0.2, 0.25) is 0 Å². The zero-order chi connectivity index (χ0) is 12.8. The minimum Gasteiger partial charge on any atom is -0.314 e. The van der Waals surface area contributed by atoms with Gasteiger partial charge < -0.3 is 5.32 Å². The Labute approximate surface area is 106 Å². The fourth-order valence-electron chi connectivity index (χ4n) is 2.34. The molecule has 0 saturated carbocycles. The molecule has 1 rings (SSSR count). The second-order valence-electron chi connectivity index (χ2n) is 5.02. The minimum atomic E-state index is 0.579. The molecule has 2 unspecified atom stereocenters. The van der Waals surface area contributed by atoms with Gasteiger partial charge in [0.2, 0.25) is 0 Å². The zero-order valence-electron chi connectivity index (χ0n) is 12.0. The molecule has 0 aromatic carbocycles. The van der Waals surface area contributed by atoms with Gasteiger partial charge in [-0.3, -0.25) is 4.68 Å². The standard InChI is InChI=1S/C14H27N3/c1-6-8-15-12(4)13(7-2)10-14-9-11(3)16-17(14)5/h9,12-13,15H,6-8,10H2,1-5H3. The molecule has 0 aliphatic heterocycles. The van der Waals surface area contributed by atoms with Gasteiger partial charge in [-0.05, 0) is 45.2 Å². The summed E-state index contributed by atoms with van der Waals surface area (Å²) in [6.07, 6.45) is 3.53. The molecule has 3 nitrogen and oxygen atoms in total. The summed E-state index contributed by atoms with van der Waals surface area (Å²) in [5, 5.41) is 8.02. The van der Waals surface area contributed by atoms with Gasteiger partial charge in [0.05, 0.1) is 5.69 Å². The van der Waals surface area contributed by atoms with Crippen LogP contribution >= 0.6 is 0 Å². The van der Waals surface area contributed by atoms with Crippen LogP contribution in [-0.4, -0.2) is 22.4 Å². The molecule has 0 amide bonds. The molecule has 3 heteroatoms. The van der Waals surface area contributed by atoms with Gasteiger partial charge in [-0.15, -0.1) is 0 Å². The number of aryl methyl sites for hydroxylation is 2. The van der Waals surface area contributed by atoms with E-state index in [9.17, 15) is 0 Å². The molecule has 0 radical (unpaired) electrons. The van der Waals surface area contributed by atoms with E-state index in [1.54, 1.807) is 0 Å². The summed E-state index contributed by atoms with van der Waals surface area (Å²) in [5.41, 5.74) is 2.46. The van der Waals surface area contributed by atoms with Crippen molar-refractivity contribution in [1.82, 2.24) is 15.1 Å². The lowest BCUT2D eigenvalue weighted by Crippen LogP contribution is -2.35. The lowest BCUT2D eigenvalue weighted by molar-refractivity contribution is 0.356. The van der Waals surface area contributed by atoms with E-state index in [2.05, 4.69) is 44.2 Å². The van der Waals surface area contributed by atoms with Crippen molar-refractivity contribution in [2.24, 2.45) is 13.0 Å². The maximum Gasteiger partial charge on any atom is 0.0596 e. The van der Waals surface area contributed by atoms with E-state index in [1.807, 2.05) is 11.7 Å². The molecule has 0 saturated heterocycles. The molecule has 2 atom stereocenters. The van der Waals surface area contributed by atoms with Crippen molar-refractivity contribution in [1.29, 1.82) is 0 Å². The van der Waals surface area contributed by atoms with E-state index in [-0.39, 0.29) is 0 Å². The van der Waals surface area contributed by atoms with Crippen LogP contribution in [0.3, 0.4) is 0 Å². The Morgan fingerprint density at radius 1 is 1.41 bits per heavy atom. The van der Waals surface area contributed by atoms with Crippen LogP contribution < -0.4 is 5.32 Å². The fourth-order valence-corrected chi connectivity index (χ4v) is 2.34. The first kappa shape index (κ1) is 14.2. The van der Waals surface area contributed by atoms with Crippen LogP contribution in [-0.2, 0) is 13.5 Å². The molecule has 98 valence electrons. The van der Waals surface area contributed by atoms with Crippen molar-refractivity contribution in [3.05, 3.63) is 17.5 Å². The first-order chi connectivity index (χ1) is 8.08. The topological polar surface area (TPSA) is 29.9 Å². The van der Waals surface area contributed by atoms with E-state index in [0.717, 1.165) is 18.7 Å². The van der Waals surface area contributed by atoms with Crippen LogP contribution in [0.25, 0.3) is 0 Å². The minimum absolute atomic E-state index is 0.579. The number of nitrogens with zero attached hydrogens (tertiary/aromatic N) is 2. The van der Waals surface area contributed by atoms with Crippen LogP contribution in [0.5, 0.6) is 0 Å². The van der Waals surface area contributed by atoms with Crippen molar-refractivity contribution in [2.45, 2.75) is 53.0 Å². The Morgan fingerprint density at radius 3 is 2.59 bits per heavy atom. The quantitative estimate of drug-likeness (QED) is 0.790. The molecule has 1 heterocycles. The number of rotatable bonds is 7. The molecule has 1 aromatic rings. The van der Waals surface area contributed by atoms with Crippen LogP contribution in [0.4, 0.5) is 0 Å². The summed E-state index contributed by atoms with van der Waals surface area (Å²) in [5.74, 6) is 0.691. The normalized spacial score (nSPS) is 14.9. The van der Waals surface area contributed by atoms with Crippen molar-refractivity contribution in [2.75, 3.05) is 6.54 Å². The second kappa shape index (κ2) is 6.80. The summed E-state index contributed by atoms with van der Waals surface area (Å²) in [4.78, 5) is 0. The SMILES string of the molecule is CCCNC(C)C(CC)Cc1cc(C)nn1C. The van der Waals surface area contributed by atoms with Crippen LogP contribution in [0.15, 0.2) is 6.07 Å². The van der Waals surface area contributed by atoms with Gasteiger partial charge in [0.25, 0.3) is 0 Å². The molecule has 0 fully saturated rings. The number of hydrogen-bond donors (Lipinski definition) is 1. The predicted molar refractivity (Wildman–Crippen MR) is 73.2 cm³/mol. The van der Waals surface area contributed by atoms with Crippen LogP contribution in [0, 0.1) is 12.8 Å². The van der Waals surface area contributed by atoms with Gasteiger partial charge in [0, 0.05) is 18.8 Å². The average Bonchev–Trinajstić information content (AvgIpc) is 2.61. The van der Waals surface area contributed by atoms with Gasteiger partial charge in [-0.25, -0.2) is 0 Å². The largest absolute Gasteiger partial charge is 0.314 e. The molecule has 0 spiro atoms. The summed E-state index contributed by atoms with van der Waals surface area (Å²) in [6.45, 7) is 9.96. The Morgan fingerprint density at radius 2 is 2.12 bits per heavy atom. The summed E-state index contributed by atoms with van der Waals surface area (Å²) >= 11 is 0. The van der Waals surface area contributed by atoms with Gasteiger partial charge in [-0.1, -0.05) is 20.3 Å². The highest BCUT2D eigenvalue weighted by molar-refractivity contribution is 5.09. The van der Waals surface area contributed by atoms with E-state index < -0.39 is 0 Å². The fraction of sp³-hybridized carbons (Fsp3) is 0.786. The summed E-state index contributed by atoms with van der Waals surface area (Å²) < 4.78 is 2.02. The smallest absolute Gasteiger partial charge is 0.0596 e. The molecule has 17 heavy (non-hydrogen) atoms. The molecule has 1 aromatic heterocycles. The van der Waals surface area contributed by atoms with Crippen molar-refractivity contribution in [3.63, 3.8) is 0 Å². The summed E-state index contributed by atoms with van der Waals surface area (Å²) in [6, 6.07) is 2.78. The zero-order valence-corrected chi connectivity index (χ0v) is 12.0. The molecule has 0 aliphatic carbocycles. The molecule has 1 N–H and O–H groups in total. The number of hydrogen-bond acceptors (Lipinski definition) is 2.